The van der Waals surface area contributed by atoms with E-state index in [9.17, 15) is 4.79 Å². The average molecular weight is 382 g/mol. The summed E-state index contributed by atoms with van der Waals surface area (Å²) in [5.41, 5.74) is 0. The largest absolute Gasteiger partial charge is 0.354 e. The zero-order chi connectivity index (χ0) is 16.1. The number of rotatable bonds is 4. The molecule has 6 nitrogen and oxygen atoms in total. The van der Waals surface area contributed by atoms with Crippen LogP contribution in [0.1, 0.15) is 6.42 Å². The summed E-state index contributed by atoms with van der Waals surface area (Å²) in [4.78, 5) is 23.3. The SMILES string of the molecule is O=C(CCN1CCN(c2ccc(Br)cn2)CC1)N1CCNCC1. The lowest BCUT2D eigenvalue weighted by Crippen LogP contribution is -2.49. The van der Waals surface area contributed by atoms with Gasteiger partial charge in [-0.25, -0.2) is 4.98 Å². The van der Waals surface area contributed by atoms with Gasteiger partial charge in [-0.3, -0.25) is 9.69 Å². The monoisotopic (exact) mass is 381 g/mol. The predicted molar refractivity (Wildman–Crippen MR) is 94.7 cm³/mol. The van der Waals surface area contributed by atoms with Crippen molar-refractivity contribution in [1.29, 1.82) is 0 Å². The molecule has 7 heteroatoms. The summed E-state index contributed by atoms with van der Waals surface area (Å²) < 4.78 is 1.01. The van der Waals surface area contributed by atoms with Crippen LogP contribution >= 0.6 is 15.9 Å². The van der Waals surface area contributed by atoms with E-state index in [0.29, 0.717) is 12.3 Å². The molecule has 0 aliphatic carbocycles. The molecule has 1 amide bonds. The highest BCUT2D eigenvalue weighted by molar-refractivity contribution is 9.10. The Morgan fingerprint density at radius 3 is 2.52 bits per heavy atom. The molecule has 0 saturated carbocycles. The Hall–Kier alpha value is -1.18. The molecule has 2 saturated heterocycles. The Morgan fingerprint density at radius 1 is 1.13 bits per heavy atom. The first-order chi connectivity index (χ1) is 11.2. The molecular weight excluding hydrogens is 358 g/mol. The van der Waals surface area contributed by atoms with Crippen LogP contribution in [0.5, 0.6) is 0 Å². The van der Waals surface area contributed by atoms with Crippen molar-refractivity contribution >= 4 is 27.7 Å². The van der Waals surface area contributed by atoms with Gasteiger partial charge in [-0.05, 0) is 28.1 Å². The van der Waals surface area contributed by atoms with Crippen LogP contribution in [0.4, 0.5) is 5.82 Å². The Morgan fingerprint density at radius 2 is 1.87 bits per heavy atom. The Labute approximate surface area is 146 Å². The Bertz CT molecular complexity index is 510. The lowest BCUT2D eigenvalue weighted by molar-refractivity contribution is -0.132. The molecule has 126 valence electrons. The first kappa shape index (κ1) is 16.7. The van der Waals surface area contributed by atoms with E-state index in [-0.39, 0.29) is 0 Å². The van der Waals surface area contributed by atoms with Gasteiger partial charge in [0.25, 0.3) is 0 Å². The third kappa shape index (κ3) is 4.65. The molecular formula is C16H24BrN5O. The molecule has 0 aromatic carbocycles. The number of amides is 1. The highest BCUT2D eigenvalue weighted by Crippen LogP contribution is 2.16. The Balaban J connectivity index is 1.40. The zero-order valence-corrected chi connectivity index (χ0v) is 15.0. The van der Waals surface area contributed by atoms with Crippen LogP contribution in [0, 0.1) is 0 Å². The van der Waals surface area contributed by atoms with E-state index in [1.165, 1.54) is 0 Å². The number of anilines is 1. The minimum absolute atomic E-state index is 0.295. The third-order valence-electron chi connectivity index (χ3n) is 4.52. The Kier molecular flexibility index (Phi) is 5.85. The molecule has 3 heterocycles. The number of nitrogens with zero attached hydrogens (tertiary/aromatic N) is 4. The van der Waals surface area contributed by atoms with Crippen molar-refractivity contribution in [2.45, 2.75) is 6.42 Å². The number of carbonyl (C=O) groups is 1. The quantitative estimate of drug-likeness (QED) is 0.835. The molecule has 2 aliphatic rings. The van der Waals surface area contributed by atoms with Crippen molar-refractivity contribution in [1.82, 2.24) is 20.1 Å². The standard InChI is InChI=1S/C16H24BrN5O/c17-14-1-2-15(19-13-14)21-11-9-20(10-12-21)6-3-16(23)22-7-4-18-5-8-22/h1-2,13,18H,3-12H2. The van der Waals surface area contributed by atoms with Crippen LogP contribution in [0.3, 0.4) is 0 Å². The topological polar surface area (TPSA) is 51.7 Å². The van der Waals surface area contributed by atoms with Gasteiger partial charge in [-0.2, -0.15) is 0 Å². The van der Waals surface area contributed by atoms with Crippen molar-refractivity contribution in [3.63, 3.8) is 0 Å². The second kappa shape index (κ2) is 8.08. The second-order valence-corrected chi connectivity index (χ2v) is 6.96. The first-order valence-electron chi connectivity index (χ1n) is 8.30. The van der Waals surface area contributed by atoms with Gasteiger partial charge in [-0.15, -0.1) is 0 Å². The minimum atomic E-state index is 0.295. The molecule has 3 rings (SSSR count). The highest BCUT2D eigenvalue weighted by Gasteiger charge is 2.20. The average Bonchev–Trinajstić information content (AvgIpc) is 2.61. The number of piperazine rings is 2. The fourth-order valence-electron chi connectivity index (χ4n) is 3.08. The highest BCUT2D eigenvalue weighted by atomic mass is 79.9. The molecule has 2 fully saturated rings. The van der Waals surface area contributed by atoms with Crippen molar-refractivity contribution in [3.05, 3.63) is 22.8 Å². The summed E-state index contributed by atoms with van der Waals surface area (Å²) in [5.74, 6) is 1.33. The predicted octanol–water partition coefficient (Wildman–Crippen LogP) is 0.788. The fraction of sp³-hybridized carbons (Fsp3) is 0.625. The van der Waals surface area contributed by atoms with Gasteiger partial charge in [-0.1, -0.05) is 0 Å². The number of carbonyl (C=O) groups excluding carboxylic acids is 1. The summed E-state index contributed by atoms with van der Waals surface area (Å²) in [6.07, 6.45) is 2.48. The summed E-state index contributed by atoms with van der Waals surface area (Å²) in [7, 11) is 0. The fourth-order valence-corrected chi connectivity index (χ4v) is 3.32. The van der Waals surface area contributed by atoms with E-state index in [2.05, 4.69) is 36.0 Å². The van der Waals surface area contributed by atoms with Crippen LogP contribution in [0.25, 0.3) is 0 Å². The van der Waals surface area contributed by atoms with Gasteiger partial charge in [0, 0.05) is 76.0 Å². The number of hydrogen-bond donors (Lipinski definition) is 1. The number of nitrogens with one attached hydrogen (secondary N) is 1. The summed E-state index contributed by atoms with van der Waals surface area (Å²) in [6, 6.07) is 4.08. The lowest BCUT2D eigenvalue weighted by Gasteiger charge is -2.35. The molecule has 0 bridgehead atoms. The van der Waals surface area contributed by atoms with Gasteiger partial charge in [0.1, 0.15) is 5.82 Å². The van der Waals surface area contributed by atoms with E-state index in [1.807, 2.05) is 23.2 Å². The van der Waals surface area contributed by atoms with Crippen LogP contribution < -0.4 is 10.2 Å². The van der Waals surface area contributed by atoms with Crippen molar-refractivity contribution in [2.24, 2.45) is 0 Å². The van der Waals surface area contributed by atoms with E-state index in [0.717, 1.165) is 69.2 Å². The van der Waals surface area contributed by atoms with Crippen LogP contribution in [-0.4, -0.2) is 79.6 Å². The molecule has 1 aromatic rings. The van der Waals surface area contributed by atoms with E-state index in [4.69, 9.17) is 0 Å². The van der Waals surface area contributed by atoms with Crippen LogP contribution in [0.15, 0.2) is 22.8 Å². The molecule has 1 aromatic heterocycles. The minimum Gasteiger partial charge on any atom is -0.354 e. The molecule has 1 N–H and O–H groups in total. The van der Waals surface area contributed by atoms with Gasteiger partial charge in [0.05, 0.1) is 0 Å². The van der Waals surface area contributed by atoms with Gasteiger partial charge in [0.2, 0.25) is 5.91 Å². The van der Waals surface area contributed by atoms with Gasteiger partial charge in [0.15, 0.2) is 0 Å². The van der Waals surface area contributed by atoms with Gasteiger partial charge >= 0.3 is 0 Å². The third-order valence-corrected chi connectivity index (χ3v) is 4.99. The maximum Gasteiger partial charge on any atom is 0.223 e. The smallest absolute Gasteiger partial charge is 0.223 e. The summed E-state index contributed by atoms with van der Waals surface area (Å²) in [6.45, 7) is 8.33. The molecule has 0 unspecified atom stereocenters. The second-order valence-electron chi connectivity index (χ2n) is 6.04. The van der Waals surface area contributed by atoms with E-state index in [1.54, 1.807) is 0 Å². The summed E-state index contributed by atoms with van der Waals surface area (Å²) >= 11 is 3.42. The lowest BCUT2D eigenvalue weighted by atomic mass is 10.2. The zero-order valence-electron chi connectivity index (χ0n) is 13.4. The number of aromatic nitrogens is 1. The maximum atomic E-state index is 12.2. The molecule has 0 radical (unpaired) electrons. The van der Waals surface area contributed by atoms with E-state index < -0.39 is 0 Å². The normalized spacial score (nSPS) is 19.9. The summed E-state index contributed by atoms with van der Waals surface area (Å²) in [5, 5.41) is 3.28. The first-order valence-corrected chi connectivity index (χ1v) is 9.09. The van der Waals surface area contributed by atoms with Gasteiger partial charge < -0.3 is 15.1 Å². The van der Waals surface area contributed by atoms with Crippen LogP contribution in [-0.2, 0) is 4.79 Å². The number of hydrogen-bond acceptors (Lipinski definition) is 5. The molecule has 2 aliphatic heterocycles. The molecule has 0 spiro atoms. The molecule has 23 heavy (non-hydrogen) atoms. The van der Waals surface area contributed by atoms with Crippen molar-refractivity contribution in [2.75, 3.05) is 63.8 Å². The number of halogens is 1. The molecule has 0 atom stereocenters. The van der Waals surface area contributed by atoms with Crippen molar-refractivity contribution in [3.8, 4) is 0 Å². The maximum absolute atomic E-state index is 12.2. The van der Waals surface area contributed by atoms with Crippen LogP contribution in [0.2, 0.25) is 0 Å². The van der Waals surface area contributed by atoms with Crippen molar-refractivity contribution < 1.29 is 4.79 Å². The number of pyridine rings is 1. The van der Waals surface area contributed by atoms with E-state index >= 15 is 0 Å².